The maximum absolute atomic E-state index is 13.2. The summed E-state index contributed by atoms with van der Waals surface area (Å²) >= 11 is 0. The third-order valence-corrected chi connectivity index (χ3v) is 3.92. The van der Waals surface area contributed by atoms with E-state index in [1.165, 1.54) is 19.2 Å². The molecule has 0 atom stereocenters. The molecule has 4 nitrogen and oxygen atoms in total. The number of nitrogens with one attached hydrogen (secondary N) is 1. The Morgan fingerprint density at radius 2 is 1.92 bits per heavy atom. The number of methoxy groups -OCH3 is 1. The lowest BCUT2D eigenvalue weighted by Gasteiger charge is -2.13. The first-order chi connectivity index (χ1) is 12.1. The number of rotatable bonds is 5. The van der Waals surface area contributed by atoms with E-state index in [4.69, 9.17) is 9.72 Å². The minimum Gasteiger partial charge on any atom is -0.465 e. The molecule has 128 valence electrons. The zero-order valence-corrected chi connectivity index (χ0v) is 14.2. The highest BCUT2D eigenvalue weighted by molar-refractivity contribution is 5.96. The van der Waals surface area contributed by atoms with Crippen LogP contribution in [-0.4, -0.2) is 24.6 Å². The molecule has 0 aliphatic heterocycles. The van der Waals surface area contributed by atoms with E-state index in [2.05, 4.69) is 12.2 Å². The summed E-state index contributed by atoms with van der Waals surface area (Å²) in [6, 6.07) is 13.5. The van der Waals surface area contributed by atoms with E-state index in [-0.39, 0.29) is 11.8 Å². The van der Waals surface area contributed by atoms with Crippen molar-refractivity contribution in [2.24, 2.45) is 0 Å². The van der Waals surface area contributed by atoms with Gasteiger partial charge in [-0.25, -0.2) is 14.2 Å². The molecule has 0 radical (unpaired) electrons. The lowest BCUT2D eigenvalue weighted by Crippen LogP contribution is -2.04. The molecule has 0 amide bonds. The number of nitrogens with zero attached hydrogens (tertiary/aromatic N) is 1. The summed E-state index contributed by atoms with van der Waals surface area (Å²) in [4.78, 5) is 16.5. The summed E-state index contributed by atoms with van der Waals surface area (Å²) in [5.41, 5.74) is 3.68. The summed E-state index contributed by atoms with van der Waals surface area (Å²) in [5, 5.41) is 4.20. The number of fused-ring (bicyclic) bond motifs is 1. The molecule has 3 rings (SSSR count). The van der Waals surface area contributed by atoms with Crippen molar-refractivity contribution >= 4 is 22.6 Å². The van der Waals surface area contributed by atoms with Crippen LogP contribution in [0.4, 0.5) is 10.1 Å². The third-order valence-electron chi connectivity index (χ3n) is 3.92. The number of benzene rings is 2. The van der Waals surface area contributed by atoms with Gasteiger partial charge in [0.1, 0.15) is 5.82 Å². The van der Waals surface area contributed by atoms with Gasteiger partial charge < -0.3 is 10.1 Å². The van der Waals surface area contributed by atoms with Gasteiger partial charge in [-0.15, -0.1) is 0 Å². The molecule has 0 aliphatic carbocycles. The number of halogens is 1. The lowest BCUT2D eigenvalue weighted by atomic mass is 10.1. The van der Waals surface area contributed by atoms with Gasteiger partial charge in [0, 0.05) is 17.5 Å². The first-order valence-electron chi connectivity index (χ1n) is 8.15. The van der Waals surface area contributed by atoms with Gasteiger partial charge in [0.15, 0.2) is 0 Å². The predicted octanol–water partition coefficient (Wildman–Crippen LogP) is 4.65. The maximum atomic E-state index is 13.2. The maximum Gasteiger partial charge on any atom is 0.337 e. The number of ether oxygens (including phenoxy) is 1. The molecule has 1 heterocycles. The Morgan fingerprint density at radius 3 is 2.60 bits per heavy atom. The molecule has 0 unspecified atom stereocenters. The minimum absolute atomic E-state index is 0.282. The Bertz CT molecular complexity index is 907. The van der Waals surface area contributed by atoms with E-state index in [1.54, 1.807) is 30.3 Å². The van der Waals surface area contributed by atoms with Crippen molar-refractivity contribution in [3.8, 4) is 11.3 Å². The Morgan fingerprint density at radius 1 is 1.16 bits per heavy atom. The van der Waals surface area contributed by atoms with Crippen LogP contribution >= 0.6 is 0 Å². The van der Waals surface area contributed by atoms with Crippen LogP contribution in [-0.2, 0) is 4.74 Å². The van der Waals surface area contributed by atoms with Gasteiger partial charge in [0.2, 0.25) is 0 Å². The fraction of sp³-hybridized carbons (Fsp3) is 0.200. The number of anilines is 1. The quantitative estimate of drug-likeness (QED) is 0.688. The summed E-state index contributed by atoms with van der Waals surface area (Å²) in [6.45, 7) is 2.87. The number of aromatic nitrogens is 1. The van der Waals surface area contributed by atoms with Crippen LogP contribution in [0.25, 0.3) is 22.2 Å². The van der Waals surface area contributed by atoms with Gasteiger partial charge in [-0.3, -0.25) is 0 Å². The summed E-state index contributed by atoms with van der Waals surface area (Å²) < 4.78 is 18.0. The van der Waals surface area contributed by atoms with Crippen molar-refractivity contribution < 1.29 is 13.9 Å². The zero-order chi connectivity index (χ0) is 17.8. The molecular weight excluding hydrogens is 319 g/mol. The van der Waals surface area contributed by atoms with E-state index in [0.717, 1.165) is 40.8 Å². The van der Waals surface area contributed by atoms with E-state index in [9.17, 15) is 9.18 Å². The molecule has 1 N–H and O–H groups in total. The molecule has 0 aliphatic rings. The molecule has 5 heteroatoms. The molecule has 0 bridgehead atoms. The van der Waals surface area contributed by atoms with Gasteiger partial charge in [0.05, 0.1) is 29.6 Å². The molecular formula is C20H19FN2O2. The van der Waals surface area contributed by atoms with Crippen LogP contribution in [0.3, 0.4) is 0 Å². The van der Waals surface area contributed by atoms with Gasteiger partial charge >= 0.3 is 5.97 Å². The molecule has 2 aromatic carbocycles. The fourth-order valence-corrected chi connectivity index (χ4v) is 2.64. The Balaban J connectivity index is 2.14. The van der Waals surface area contributed by atoms with Crippen LogP contribution in [0.2, 0.25) is 0 Å². The Hall–Kier alpha value is -2.95. The smallest absolute Gasteiger partial charge is 0.337 e. The molecule has 25 heavy (non-hydrogen) atoms. The zero-order valence-electron chi connectivity index (χ0n) is 14.2. The second-order valence-electron chi connectivity index (χ2n) is 5.72. The van der Waals surface area contributed by atoms with Gasteiger partial charge in [-0.05, 0) is 55.0 Å². The van der Waals surface area contributed by atoms with E-state index >= 15 is 0 Å². The largest absolute Gasteiger partial charge is 0.465 e. The van der Waals surface area contributed by atoms with Crippen LogP contribution < -0.4 is 5.32 Å². The van der Waals surface area contributed by atoms with Crippen LogP contribution in [0.5, 0.6) is 0 Å². The van der Waals surface area contributed by atoms with E-state index in [0.29, 0.717) is 5.56 Å². The number of carbonyl (C=O) groups is 1. The van der Waals surface area contributed by atoms with Gasteiger partial charge in [-0.1, -0.05) is 6.92 Å². The first kappa shape index (κ1) is 16.9. The number of pyridine rings is 1. The molecule has 0 saturated heterocycles. The summed E-state index contributed by atoms with van der Waals surface area (Å²) in [5.74, 6) is -0.664. The monoisotopic (exact) mass is 338 g/mol. The fourth-order valence-electron chi connectivity index (χ4n) is 2.64. The molecule has 0 saturated carbocycles. The standard InChI is InChI=1S/C20H19FN2O2/c1-3-10-22-18-12-15-11-14(20(24)25-2)6-9-17(15)23-19(18)13-4-7-16(21)8-5-13/h4-9,11-12,22H,3,10H2,1-2H3. The highest BCUT2D eigenvalue weighted by Gasteiger charge is 2.12. The second kappa shape index (κ2) is 7.30. The number of carbonyl (C=O) groups excluding carboxylic acids is 1. The topological polar surface area (TPSA) is 51.2 Å². The third kappa shape index (κ3) is 3.60. The Labute approximate surface area is 145 Å². The van der Waals surface area contributed by atoms with Crippen molar-refractivity contribution in [3.05, 3.63) is 59.9 Å². The van der Waals surface area contributed by atoms with Crippen molar-refractivity contribution in [2.45, 2.75) is 13.3 Å². The Kier molecular flexibility index (Phi) is 4.93. The molecule has 1 aromatic heterocycles. The van der Waals surface area contributed by atoms with Crippen LogP contribution in [0.1, 0.15) is 23.7 Å². The average Bonchev–Trinajstić information content (AvgIpc) is 2.65. The summed E-state index contributed by atoms with van der Waals surface area (Å²) in [6.07, 6.45) is 0.961. The number of esters is 1. The molecule has 0 fully saturated rings. The second-order valence-corrected chi connectivity index (χ2v) is 5.72. The average molecular weight is 338 g/mol. The van der Waals surface area contributed by atoms with Crippen molar-refractivity contribution in [1.82, 2.24) is 4.98 Å². The van der Waals surface area contributed by atoms with Crippen LogP contribution in [0.15, 0.2) is 48.5 Å². The van der Waals surface area contributed by atoms with Crippen molar-refractivity contribution in [3.63, 3.8) is 0 Å². The van der Waals surface area contributed by atoms with Gasteiger partial charge in [0.25, 0.3) is 0 Å². The minimum atomic E-state index is -0.382. The molecule has 3 aromatic rings. The van der Waals surface area contributed by atoms with Crippen molar-refractivity contribution in [2.75, 3.05) is 19.0 Å². The highest BCUT2D eigenvalue weighted by Crippen LogP contribution is 2.30. The predicted molar refractivity (Wildman–Crippen MR) is 97.3 cm³/mol. The SMILES string of the molecule is CCCNc1cc2cc(C(=O)OC)ccc2nc1-c1ccc(F)cc1. The van der Waals surface area contributed by atoms with Crippen LogP contribution in [0, 0.1) is 5.82 Å². The highest BCUT2D eigenvalue weighted by atomic mass is 19.1. The normalized spacial score (nSPS) is 10.7. The number of hydrogen-bond donors (Lipinski definition) is 1. The van der Waals surface area contributed by atoms with E-state index in [1.807, 2.05) is 6.07 Å². The number of hydrogen-bond acceptors (Lipinski definition) is 4. The van der Waals surface area contributed by atoms with Gasteiger partial charge in [-0.2, -0.15) is 0 Å². The van der Waals surface area contributed by atoms with E-state index < -0.39 is 0 Å². The van der Waals surface area contributed by atoms with Crippen molar-refractivity contribution in [1.29, 1.82) is 0 Å². The summed E-state index contributed by atoms with van der Waals surface area (Å²) in [7, 11) is 1.36. The molecule has 0 spiro atoms. The first-order valence-corrected chi connectivity index (χ1v) is 8.15. The lowest BCUT2D eigenvalue weighted by molar-refractivity contribution is 0.0601.